The number of thioether (sulfide) groups is 1. The molecule has 1 unspecified atom stereocenters. The molecular formula is C19H21F3N2O2S. The van der Waals surface area contributed by atoms with E-state index in [0.29, 0.717) is 0 Å². The number of alkyl halides is 3. The van der Waals surface area contributed by atoms with Gasteiger partial charge in [0.2, 0.25) is 0 Å². The number of carbonyl (C=O) groups excluding carboxylic acids is 1. The number of hydrogen-bond acceptors (Lipinski definition) is 4. The maximum Gasteiger partial charge on any atom is 0.446 e. The van der Waals surface area contributed by atoms with E-state index < -0.39 is 11.4 Å². The first-order chi connectivity index (χ1) is 12.9. The highest BCUT2D eigenvalue weighted by molar-refractivity contribution is 8.00. The van der Waals surface area contributed by atoms with Crippen LogP contribution < -0.4 is 5.32 Å². The standard InChI is InChI=1S/C19H21F3N2O2S/c20-19(21,22)27-17-9-3-2-7-14(17)18(25)23-13-15(16-8-6-12-26-16)24-10-4-1-5-11-24/h2-3,6-9,12,15H,1,4-5,10-11,13H2,(H,23,25). The van der Waals surface area contributed by atoms with Crippen LogP contribution in [0.2, 0.25) is 0 Å². The molecule has 1 fully saturated rings. The number of hydrogen-bond donors (Lipinski definition) is 1. The monoisotopic (exact) mass is 398 g/mol. The van der Waals surface area contributed by atoms with Gasteiger partial charge < -0.3 is 9.73 Å². The first kappa shape index (κ1) is 19.8. The number of nitrogens with one attached hydrogen (secondary N) is 1. The third-order valence-corrected chi connectivity index (χ3v) is 5.32. The van der Waals surface area contributed by atoms with Crippen molar-refractivity contribution in [2.24, 2.45) is 0 Å². The Morgan fingerprint density at radius 2 is 1.89 bits per heavy atom. The van der Waals surface area contributed by atoms with Crippen molar-refractivity contribution in [3.63, 3.8) is 0 Å². The molecule has 1 aromatic heterocycles. The largest absolute Gasteiger partial charge is 0.468 e. The highest BCUT2D eigenvalue weighted by Gasteiger charge is 2.31. The lowest BCUT2D eigenvalue weighted by Crippen LogP contribution is -2.40. The van der Waals surface area contributed by atoms with Gasteiger partial charge in [-0.05, 0) is 62.0 Å². The Morgan fingerprint density at radius 1 is 1.15 bits per heavy atom. The Bertz CT molecular complexity index is 744. The normalized spacial score (nSPS) is 16.9. The zero-order valence-corrected chi connectivity index (χ0v) is 15.5. The van der Waals surface area contributed by atoms with E-state index >= 15 is 0 Å². The van der Waals surface area contributed by atoms with Crippen molar-refractivity contribution in [1.82, 2.24) is 10.2 Å². The molecule has 1 aromatic carbocycles. The van der Waals surface area contributed by atoms with Gasteiger partial charge in [-0.15, -0.1) is 0 Å². The molecule has 2 heterocycles. The van der Waals surface area contributed by atoms with Crippen LogP contribution >= 0.6 is 11.8 Å². The molecule has 0 radical (unpaired) electrons. The van der Waals surface area contributed by atoms with Gasteiger partial charge >= 0.3 is 5.51 Å². The molecule has 1 aliphatic rings. The first-order valence-corrected chi connectivity index (χ1v) is 9.66. The quantitative estimate of drug-likeness (QED) is 0.707. The van der Waals surface area contributed by atoms with E-state index in [-0.39, 0.29) is 34.8 Å². The van der Waals surface area contributed by atoms with E-state index in [1.54, 1.807) is 18.4 Å². The second kappa shape index (κ2) is 8.84. The summed E-state index contributed by atoms with van der Waals surface area (Å²) in [7, 11) is 0. The molecule has 3 rings (SSSR count). The van der Waals surface area contributed by atoms with Gasteiger partial charge in [0.1, 0.15) is 5.76 Å². The first-order valence-electron chi connectivity index (χ1n) is 8.84. The minimum absolute atomic E-state index is 0.0247. The Hall–Kier alpha value is -1.93. The molecular weight excluding hydrogens is 377 g/mol. The van der Waals surface area contributed by atoms with Gasteiger partial charge in [-0.25, -0.2) is 0 Å². The number of nitrogens with zero attached hydrogens (tertiary/aromatic N) is 1. The average Bonchev–Trinajstić information content (AvgIpc) is 3.16. The number of amides is 1. The molecule has 0 saturated carbocycles. The molecule has 2 aromatic rings. The minimum Gasteiger partial charge on any atom is -0.468 e. The molecule has 0 aliphatic carbocycles. The Kier molecular flexibility index (Phi) is 6.49. The predicted molar refractivity (Wildman–Crippen MR) is 97.6 cm³/mol. The second-order valence-corrected chi connectivity index (χ2v) is 7.49. The van der Waals surface area contributed by atoms with Crippen LogP contribution in [0.3, 0.4) is 0 Å². The fraction of sp³-hybridized carbons (Fsp3) is 0.421. The number of rotatable bonds is 6. The van der Waals surface area contributed by atoms with Crippen LogP contribution in [0.25, 0.3) is 0 Å². The third-order valence-electron chi connectivity index (χ3n) is 4.52. The lowest BCUT2D eigenvalue weighted by Gasteiger charge is -2.33. The topological polar surface area (TPSA) is 45.5 Å². The van der Waals surface area contributed by atoms with Gasteiger partial charge in [-0.2, -0.15) is 13.2 Å². The molecule has 1 saturated heterocycles. The van der Waals surface area contributed by atoms with Crippen LogP contribution in [-0.2, 0) is 0 Å². The summed E-state index contributed by atoms with van der Waals surface area (Å²) in [5.41, 5.74) is -4.42. The van der Waals surface area contributed by atoms with Crippen molar-refractivity contribution < 1.29 is 22.4 Å². The van der Waals surface area contributed by atoms with Crippen LogP contribution in [-0.4, -0.2) is 35.9 Å². The molecule has 1 aliphatic heterocycles. The lowest BCUT2D eigenvalue weighted by atomic mass is 10.1. The minimum atomic E-state index is -4.44. The summed E-state index contributed by atoms with van der Waals surface area (Å²) in [5, 5.41) is 2.79. The van der Waals surface area contributed by atoms with Crippen LogP contribution in [0.1, 0.15) is 41.4 Å². The molecule has 1 N–H and O–H groups in total. The molecule has 0 bridgehead atoms. The maximum absolute atomic E-state index is 12.7. The summed E-state index contributed by atoms with van der Waals surface area (Å²) in [6.07, 6.45) is 4.92. The third kappa shape index (κ3) is 5.52. The van der Waals surface area contributed by atoms with E-state index in [4.69, 9.17) is 4.42 Å². The maximum atomic E-state index is 12.7. The van der Waals surface area contributed by atoms with Gasteiger partial charge in [-0.3, -0.25) is 9.69 Å². The van der Waals surface area contributed by atoms with Crippen molar-refractivity contribution in [2.75, 3.05) is 19.6 Å². The van der Waals surface area contributed by atoms with Gasteiger partial charge in [0.15, 0.2) is 0 Å². The summed E-state index contributed by atoms with van der Waals surface area (Å²) in [4.78, 5) is 14.7. The summed E-state index contributed by atoms with van der Waals surface area (Å²) in [5.74, 6) is 0.228. The molecule has 146 valence electrons. The molecule has 27 heavy (non-hydrogen) atoms. The van der Waals surface area contributed by atoms with Gasteiger partial charge in [0, 0.05) is 11.4 Å². The Balaban J connectivity index is 1.71. The average molecular weight is 398 g/mol. The van der Waals surface area contributed by atoms with Crippen LogP contribution in [0, 0.1) is 0 Å². The number of carbonyl (C=O) groups is 1. The van der Waals surface area contributed by atoms with E-state index in [1.165, 1.54) is 24.6 Å². The summed E-state index contributed by atoms with van der Waals surface area (Å²) in [6.45, 7) is 2.08. The number of piperidine rings is 1. The van der Waals surface area contributed by atoms with Crippen LogP contribution in [0.5, 0.6) is 0 Å². The van der Waals surface area contributed by atoms with Crippen molar-refractivity contribution in [2.45, 2.75) is 35.7 Å². The molecule has 4 nitrogen and oxygen atoms in total. The summed E-state index contributed by atoms with van der Waals surface area (Å²) in [6, 6.07) is 9.29. The SMILES string of the molecule is O=C(NCC(c1ccco1)N1CCCCC1)c1ccccc1SC(F)(F)F. The molecule has 0 spiro atoms. The Labute approximate surface area is 160 Å². The molecule has 1 amide bonds. The Morgan fingerprint density at radius 3 is 2.56 bits per heavy atom. The predicted octanol–water partition coefficient (Wildman–Crippen LogP) is 4.85. The molecule has 8 heteroatoms. The number of benzene rings is 1. The number of halogens is 3. The lowest BCUT2D eigenvalue weighted by molar-refractivity contribution is -0.0328. The molecule has 1 atom stereocenters. The van der Waals surface area contributed by atoms with Gasteiger partial charge in [0.25, 0.3) is 5.91 Å². The van der Waals surface area contributed by atoms with E-state index in [1.807, 2.05) is 6.07 Å². The zero-order valence-electron chi connectivity index (χ0n) is 14.7. The number of likely N-dealkylation sites (tertiary alicyclic amines) is 1. The second-order valence-electron chi connectivity index (χ2n) is 6.38. The highest BCUT2D eigenvalue weighted by atomic mass is 32.2. The van der Waals surface area contributed by atoms with E-state index in [0.717, 1.165) is 31.7 Å². The smallest absolute Gasteiger partial charge is 0.446 e. The fourth-order valence-electron chi connectivity index (χ4n) is 3.27. The van der Waals surface area contributed by atoms with Gasteiger partial charge in [-0.1, -0.05) is 18.6 Å². The van der Waals surface area contributed by atoms with Crippen LogP contribution in [0.4, 0.5) is 13.2 Å². The van der Waals surface area contributed by atoms with Crippen molar-refractivity contribution in [3.8, 4) is 0 Å². The number of furan rings is 1. The van der Waals surface area contributed by atoms with E-state index in [2.05, 4.69) is 10.2 Å². The highest BCUT2D eigenvalue weighted by Crippen LogP contribution is 2.38. The van der Waals surface area contributed by atoms with Crippen molar-refractivity contribution >= 4 is 17.7 Å². The van der Waals surface area contributed by atoms with Gasteiger partial charge in [0.05, 0.1) is 17.9 Å². The van der Waals surface area contributed by atoms with Crippen LogP contribution in [0.15, 0.2) is 52.0 Å². The zero-order chi connectivity index (χ0) is 19.3. The summed E-state index contributed by atoms with van der Waals surface area (Å²) >= 11 is -0.274. The fourth-order valence-corrected chi connectivity index (χ4v) is 3.94. The van der Waals surface area contributed by atoms with E-state index in [9.17, 15) is 18.0 Å². The van der Waals surface area contributed by atoms with Crippen molar-refractivity contribution in [1.29, 1.82) is 0 Å². The summed E-state index contributed by atoms with van der Waals surface area (Å²) < 4.78 is 43.7. The van der Waals surface area contributed by atoms with Crippen molar-refractivity contribution in [3.05, 3.63) is 54.0 Å².